The number of halogens is 1. The van der Waals surface area contributed by atoms with Crippen molar-refractivity contribution in [2.24, 2.45) is 0 Å². The van der Waals surface area contributed by atoms with Gasteiger partial charge >= 0.3 is 5.97 Å². The molecule has 0 atom stereocenters. The lowest BCUT2D eigenvalue weighted by Gasteiger charge is -2.13. The van der Waals surface area contributed by atoms with Crippen molar-refractivity contribution in [1.29, 1.82) is 0 Å². The predicted molar refractivity (Wildman–Crippen MR) is 88.0 cm³/mol. The molecule has 2 rings (SSSR count). The van der Waals surface area contributed by atoms with Gasteiger partial charge in [-0.05, 0) is 30.3 Å². The van der Waals surface area contributed by atoms with Gasteiger partial charge in [0.25, 0.3) is 0 Å². The third-order valence-electron chi connectivity index (χ3n) is 3.18. The fourth-order valence-corrected chi connectivity index (χ4v) is 2.40. The van der Waals surface area contributed by atoms with Crippen molar-refractivity contribution in [1.82, 2.24) is 0 Å². The summed E-state index contributed by atoms with van der Waals surface area (Å²) in [4.78, 5) is 11.3. The van der Waals surface area contributed by atoms with Gasteiger partial charge in [0.05, 0.1) is 19.8 Å². The molecule has 0 aliphatic carbocycles. The Bertz CT molecular complexity index is 688. The largest absolute Gasteiger partial charge is 0.497 e. The molecule has 0 heterocycles. The lowest BCUT2D eigenvalue weighted by atomic mass is 10.1. The summed E-state index contributed by atoms with van der Waals surface area (Å²) >= 11 is 3.27. The first-order chi connectivity index (χ1) is 10.5. The van der Waals surface area contributed by atoms with Crippen LogP contribution in [0.5, 0.6) is 11.5 Å². The molecule has 0 aliphatic heterocycles. The Morgan fingerprint density at radius 2 is 1.95 bits per heavy atom. The number of carboxylic acids is 1. The molecule has 0 spiro atoms. The molecule has 0 saturated heterocycles. The molecule has 0 bridgehead atoms. The molecule has 116 valence electrons. The number of benzene rings is 2. The maximum Gasteiger partial charge on any atom is 0.337 e. The molecule has 22 heavy (non-hydrogen) atoms. The fourth-order valence-electron chi connectivity index (χ4n) is 2.04. The molecule has 2 aromatic rings. The first-order valence-corrected chi connectivity index (χ1v) is 7.32. The lowest BCUT2D eigenvalue weighted by molar-refractivity contribution is 0.0698. The van der Waals surface area contributed by atoms with Crippen LogP contribution in [0.2, 0.25) is 0 Å². The van der Waals surface area contributed by atoms with Crippen molar-refractivity contribution in [3.8, 4) is 11.5 Å². The van der Waals surface area contributed by atoms with E-state index >= 15 is 0 Å². The van der Waals surface area contributed by atoms with Crippen LogP contribution in [-0.2, 0) is 6.54 Å². The zero-order valence-electron chi connectivity index (χ0n) is 12.2. The van der Waals surface area contributed by atoms with Crippen LogP contribution < -0.4 is 14.8 Å². The summed E-state index contributed by atoms with van der Waals surface area (Å²) in [7, 11) is 3.17. The molecule has 0 unspecified atom stereocenters. The first-order valence-electron chi connectivity index (χ1n) is 6.52. The van der Waals surface area contributed by atoms with E-state index in [0.717, 1.165) is 10.0 Å². The fraction of sp³-hybridized carbons (Fsp3) is 0.188. The van der Waals surface area contributed by atoms with Crippen LogP contribution in [0.1, 0.15) is 15.9 Å². The van der Waals surface area contributed by atoms with Crippen LogP contribution in [0.25, 0.3) is 0 Å². The van der Waals surface area contributed by atoms with Crippen LogP contribution in [0.3, 0.4) is 0 Å². The van der Waals surface area contributed by atoms with Crippen LogP contribution in [0.4, 0.5) is 5.69 Å². The molecule has 5 nitrogen and oxygen atoms in total. The van der Waals surface area contributed by atoms with Crippen LogP contribution in [0, 0.1) is 0 Å². The highest BCUT2D eigenvalue weighted by atomic mass is 79.9. The number of aromatic carboxylic acids is 1. The number of carboxylic acid groups (broad SMARTS) is 1. The highest BCUT2D eigenvalue weighted by molar-refractivity contribution is 9.10. The van der Waals surface area contributed by atoms with E-state index in [1.165, 1.54) is 0 Å². The van der Waals surface area contributed by atoms with Gasteiger partial charge < -0.3 is 19.9 Å². The standard InChI is InChI=1S/C16H16BrNO4/c1-21-12-5-3-10(15(8-12)22-2)9-18-14-6-4-11(17)7-13(14)16(19)20/h3-8,18H,9H2,1-2H3,(H,19,20). The van der Waals surface area contributed by atoms with E-state index in [-0.39, 0.29) is 5.56 Å². The monoisotopic (exact) mass is 365 g/mol. The van der Waals surface area contributed by atoms with E-state index in [9.17, 15) is 9.90 Å². The van der Waals surface area contributed by atoms with Crippen molar-refractivity contribution in [3.63, 3.8) is 0 Å². The smallest absolute Gasteiger partial charge is 0.337 e. The topological polar surface area (TPSA) is 67.8 Å². The number of hydrogen-bond acceptors (Lipinski definition) is 4. The Labute approximate surface area is 137 Å². The maximum absolute atomic E-state index is 11.3. The number of anilines is 1. The molecule has 6 heteroatoms. The Hall–Kier alpha value is -2.21. The zero-order valence-corrected chi connectivity index (χ0v) is 13.8. The third kappa shape index (κ3) is 3.71. The van der Waals surface area contributed by atoms with Crippen LogP contribution in [0.15, 0.2) is 40.9 Å². The SMILES string of the molecule is COc1ccc(CNc2ccc(Br)cc2C(=O)O)c(OC)c1. The second-order valence-electron chi connectivity index (χ2n) is 4.53. The minimum atomic E-state index is -0.981. The quantitative estimate of drug-likeness (QED) is 0.815. The Morgan fingerprint density at radius 1 is 1.18 bits per heavy atom. The van der Waals surface area contributed by atoms with Gasteiger partial charge in [0, 0.05) is 28.3 Å². The Balaban J connectivity index is 2.22. The van der Waals surface area contributed by atoms with Crippen LogP contribution in [-0.4, -0.2) is 25.3 Å². The number of carbonyl (C=O) groups is 1. The van der Waals surface area contributed by atoms with E-state index in [2.05, 4.69) is 21.2 Å². The molecule has 0 radical (unpaired) electrons. The predicted octanol–water partition coefficient (Wildman–Crippen LogP) is 3.78. The van der Waals surface area contributed by atoms with Crippen molar-refractivity contribution < 1.29 is 19.4 Å². The van der Waals surface area contributed by atoms with Crippen molar-refractivity contribution in [2.75, 3.05) is 19.5 Å². The summed E-state index contributed by atoms with van der Waals surface area (Å²) < 4.78 is 11.2. The molecule has 0 fully saturated rings. The number of methoxy groups -OCH3 is 2. The van der Waals surface area contributed by atoms with E-state index in [0.29, 0.717) is 23.7 Å². The minimum Gasteiger partial charge on any atom is -0.497 e. The molecular formula is C16H16BrNO4. The summed E-state index contributed by atoms with van der Waals surface area (Å²) in [6.45, 7) is 0.440. The average molecular weight is 366 g/mol. The Kier molecular flexibility index (Phi) is 5.27. The zero-order chi connectivity index (χ0) is 16.1. The second-order valence-corrected chi connectivity index (χ2v) is 5.44. The summed E-state index contributed by atoms with van der Waals surface area (Å²) in [5, 5.41) is 12.4. The lowest BCUT2D eigenvalue weighted by Crippen LogP contribution is -2.07. The normalized spacial score (nSPS) is 10.1. The highest BCUT2D eigenvalue weighted by Gasteiger charge is 2.11. The molecular weight excluding hydrogens is 350 g/mol. The van der Waals surface area contributed by atoms with Crippen molar-refractivity contribution >= 4 is 27.6 Å². The maximum atomic E-state index is 11.3. The van der Waals surface area contributed by atoms with Crippen molar-refractivity contribution in [3.05, 3.63) is 52.0 Å². The van der Waals surface area contributed by atoms with Gasteiger partial charge in [0.15, 0.2) is 0 Å². The average Bonchev–Trinajstić information content (AvgIpc) is 2.53. The van der Waals surface area contributed by atoms with Gasteiger partial charge in [0.1, 0.15) is 11.5 Å². The van der Waals surface area contributed by atoms with Gasteiger partial charge in [-0.3, -0.25) is 0 Å². The number of nitrogens with one attached hydrogen (secondary N) is 1. The molecule has 2 aromatic carbocycles. The number of hydrogen-bond donors (Lipinski definition) is 2. The third-order valence-corrected chi connectivity index (χ3v) is 3.67. The van der Waals surface area contributed by atoms with E-state index in [4.69, 9.17) is 9.47 Å². The summed E-state index contributed by atoms with van der Waals surface area (Å²) in [5.41, 5.74) is 1.66. The molecule has 0 amide bonds. The van der Waals surface area contributed by atoms with Gasteiger partial charge in [0.2, 0.25) is 0 Å². The first kappa shape index (κ1) is 16.2. The molecule has 0 aromatic heterocycles. The highest BCUT2D eigenvalue weighted by Crippen LogP contribution is 2.27. The van der Waals surface area contributed by atoms with Crippen LogP contribution >= 0.6 is 15.9 Å². The van der Waals surface area contributed by atoms with Crippen molar-refractivity contribution in [2.45, 2.75) is 6.54 Å². The van der Waals surface area contributed by atoms with Gasteiger partial charge in [-0.2, -0.15) is 0 Å². The molecule has 0 aliphatic rings. The number of rotatable bonds is 6. The second kappa shape index (κ2) is 7.17. The van der Waals surface area contributed by atoms with E-state index in [1.807, 2.05) is 12.1 Å². The summed E-state index contributed by atoms with van der Waals surface area (Å²) in [6, 6.07) is 10.6. The van der Waals surface area contributed by atoms with Gasteiger partial charge in [-0.25, -0.2) is 4.79 Å². The van der Waals surface area contributed by atoms with E-state index in [1.54, 1.807) is 38.5 Å². The number of ether oxygens (including phenoxy) is 2. The Morgan fingerprint density at radius 3 is 2.59 bits per heavy atom. The summed E-state index contributed by atoms with van der Waals surface area (Å²) in [6.07, 6.45) is 0. The van der Waals surface area contributed by atoms with Gasteiger partial charge in [-0.1, -0.05) is 15.9 Å². The van der Waals surface area contributed by atoms with E-state index < -0.39 is 5.97 Å². The van der Waals surface area contributed by atoms with Gasteiger partial charge in [-0.15, -0.1) is 0 Å². The summed E-state index contributed by atoms with van der Waals surface area (Å²) in [5.74, 6) is 0.404. The minimum absolute atomic E-state index is 0.210. The molecule has 0 saturated carbocycles. The molecule has 2 N–H and O–H groups in total.